The molecule has 5 heteroatoms. The number of carbonyl (C=O) groups is 1. The van der Waals surface area contributed by atoms with Gasteiger partial charge in [-0.1, -0.05) is 6.07 Å². The molecule has 0 saturated heterocycles. The zero-order valence-electron chi connectivity index (χ0n) is 9.25. The number of aliphatic hydroxyl groups is 2. The zero-order chi connectivity index (χ0) is 12.1. The summed E-state index contributed by atoms with van der Waals surface area (Å²) in [5, 5.41) is 19.3. The number of aryl methyl sites for hydroxylation is 1. The minimum atomic E-state index is -1.18. The van der Waals surface area contributed by atoms with E-state index in [0.717, 1.165) is 5.69 Å². The number of pyridine rings is 1. The van der Waals surface area contributed by atoms with Crippen LogP contribution in [0.3, 0.4) is 0 Å². The summed E-state index contributed by atoms with van der Waals surface area (Å²) < 4.78 is 4.40. The van der Waals surface area contributed by atoms with Crippen molar-refractivity contribution in [2.24, 2.45) is 0 Å². The molecular formula is C11H15NO4. The number of esters is 1. The third-order valence-electron chi connectivity index (χ3n) is 2.24. The molecule has 0 bridgehead atoms. The van der Waals surface area contributed by atoms with Crippen molar-refractivity contribution < 1.29 is 19.7 Å². The van der Waals surface area contributed by atoms with Gasteiger partial charge in [0.25, 0.3) is 0 Å². The Bertz CT molecular complexity index is 350. The van der Waals surface area contributed by atoms with Gasteiger partial charge < -0.3 is 14.9 Å². The number of rotatable bonds is 4. The summed E-state index contributed by atoms with van der Waals surface area (Å²) in [6.07, 6.45) is -1.09. The first kappa shape index (κ1) is 12.6. The summed E-state index contributed by atoms with van der Waals surface area (Å²) in [4.78, 5) is 14.9. The Morgan fingerprint density at radius 2 is 2.19 bits per heavy atom. The van der Waals surface area contributed by atoms with E-state index in [1.807, 2.05) is 6.92 Å². The van der Waals surface area contributed by atoms with Gasteiger partial charge in [-0.3, -0.25) is 9.78 Å². The lowest BCUT2D eigenvalue weighted by Gasteiger charge is -2.16. The van der Waals surface area contributed by atoms with Gasteiger partial charge >= 0.3 is 5.97 Å². The first-order valence-electron chi connectivity index (χ1n) is 4.90. The second kappa shape index (κ2) is 5.58. The molecule has 5 nitrogen and oxygen atoms in total. The number of carbonyl (C=O) groups excluding carboxylic acids is 1. The van der Waals surface area contributed by atoms with Gasteiger partial charge in [0.15, 0.2) is 0 Å². The number of hydrogen-bond acceptors (Lipinski definition) is 5. The van der Waals surface area contributed by atoms with Crippen molar-refractivity contribution in [3.05, 3.63) is 29.6 Å². The minimum absolute atomic E-state index is 0.245. The largest absolute Gasteiger partial charge is 0.469 e. The van der Waals surface area contributed by atoms with Crippen molar-refractivity contribution in [1.82, 2.24) is 4.98 Å². The van der Waals surface area contributed by atoms with Gasteiger partial charge in [0.05, 0.1) is 19.6 Å². The van der Waals surface area contributed by atoms with Gasteiger partial charge in [0.1, 0.15) is 6.10 Å². The van der Waals surface area contributed by atoms with E-state index in [1.165, 1.54) is 13.3 Å². The fourth-order valence-corrected chi connectivity index (χ4v) is 1.24. The normalized spacial score (nSPS) is 14.2. The molecule has 2 unspecified atom stereocenters. The molecule has 0 radical (unpaired) electrons. The summed E-state index contributed by atoms with van der Waals surface area (Å²) in [6.45, 7) is 1.82. The molecule has 88 valence electrons. The Labute approximate surface area is 93.7 Å². The molecule has 1 heterocycles. The van der Waals surface area contributed by atoms with Crippen molar-refractivity contribution in [2.45, 2.75) is 25.6 Å². The zero-order valence-corrected chi connectivity index (χ0v) is 9.25. The SMILES string of the molecule is COC(=O)CC(O)C(O)c1ccc(C)nc1. The molecule has 1 rings (SSSR count). The highest BCUT2D eigenvalue weighted by molar-refractivity contribution is 5.69. The number of aliphatic hydroxyl groups excluding tert-OH is 2. The van der Waals surface area contributed by atoms with Crippen LogP contribution in [0.25, 0.3) is 0 Å². The maximum absolute atomic E-state index is 10.9. The summed E-state index contributed by atoms with van der Waals surface area (Å²) in [5.74, 6) is -0.563. The lowest BCUT2D eigenvalue weighted by molar-refractivity contribution is -0.144. The van der Waals surface area contributed by atoms with E-state index >= 15 is 0 Å². The third kappa shape index (κ3) is 3.29. The average molecular weight is 225 g/mol. The molecule has 16 heavy (non-hydrogen) atoms. The molecule has 0 saturated carbocycles. The standard InChI is InChI=1S/C11H15NO4/c1-7-3-4-8(6-12-7)11(15)9(13)5-10(14)16-2/h3-4,6,9,11,13,15H,5H2,1-2H3. The van der Waals surface area contributed by atoms with E-state index in [0.29, 0.717) is 5.56 Å². The highest BCUT2D eigenvalue weighted by Gasteiger charge is 2.21. The number of ether oxygens (including phenoxy) is 1. The Morgan fingerprint density at radius 3 is 2.69 bits per heavy atom. The fraction of sp³-hybridized carbons (Fsp3) is 0.455. The molecule has 1 aromatic heterocycles. The first-order valence-corrected chi connectivity index (χ1v) is 4.90. The van der Waals surface area contributed by atoms with Crippen LogP contribution < -0.4 is 0 Å². The molecule has 2 atom stereocenters. The van der Waals surface area contributed by atoms with Gasteiger partial charge in [0.2, 0.25) is 0 Å². The van der Waals surface area contributed by atoms with Crippen LogP contribution in [-0.4, -0.2) is 34.4 Å². The van der Waals surface area contributed by atoms with Crippen LogP contribution in [0.4, 0.5) is 0 Å². The summed E-state index contributed by atoms with van der Waals surface area (Å²) >= 11 is 0. The van der Waals surface area contributed by atoms with Crippen molar-refractivity contribution in [3.8, 4) is 0 Å². The maximum atomic E-state index is 10.9. The van der Waals surface area contributed by atoms with Crippen LogP contribution in [0.15, 0.2) is 18.3 Å². The topological polar surface area (TPSA) is 79.7 Å². The van der Waals surface area contributed by atoms with E-state index in [4.69, 9.17) is 0 Å². The number of hydrogen-bond donors (Lipinski definition) is 2. The molecule has 0 aliphatic carbocycles. The number of methoxy groups -OCH3 is 1. The van der Waals surface area contributed by atoms with Crippen LogP contribution in [0.2, 0.25) is 0 Å². The van der Waals surface area contributed by atoms with Gasteiger partial charge in [-0.15, -0.1) is 0 Å². The molecule has 1 aromatic rings. The second-order valence-electron chi connectivity index (χ2n) is 3.53. The average Bonchev–Trinajstić information content (AvgIpc) is 2.28. The monoisotopic (exact) mass is 225 g/mol. The first-order chi connectivity index (χ1) is 7.54. The highest BCUT2D eigenvalue weighted by atomic mass is 16.5. The molecule has 2 N–H and O–H groups in total. The molecule has 0 spiro atoms. The summed E-state index contributed by atoms with van der Waals surface area (Å²) in [6, 6.07) is 3.39. The fourth-order valence-electron chi connectivity index (χ4n) is 1.24. The molecule has 0 amide bonds. The predicted octanol–water partition coefficient (Wildman–Crippen LogP) is 0.347. The van der Waals surface area contributed by atoms with E-state index < -0.39 is 18.2 Å². The van der Waals surface area contributed by atoms with Crippen molar-refractivity contribution >= 4 is 5.97 Å². The van der Waals surface area contributed by atoms with Crippen molar-refractivity contribution in [2.75, 3.05) is 7.11 Å². The molecule has 0 aromatic carbocycles. The lowest BCUT2D eigenvalue weighted by atomic mass is 10.0. The van der Waals surface area contributed by atoms with Crippen molar-refractivity contribution in [3.63, 3.8) is 0 Å². The van der Waals surface area contributed by atoms with Crippen LogP contribution in [0.1, 0.15) is 23.8 Å². The smallest absolute Gasteiger partial charge is 0.308 e. The van der Waals surface area contributed by atoms with E-state index in [9.17, 15) is 15.0 Å². The Hall–Kier alpha value is -1.46. The van der Waals surface area contributed by atoms with Gasteiger partial charge in [-0.05, 0) is 13.0 Å². The minimum Gasteiger partial charge on any atom is -0.469 e. The van der Waals surface area contributed by atoms with E-state index in [1.54, 1.807) is 12.1 Å². The molecule has 0 fully saturated rings. The second-order valence-corrected chi connectivity index (χ2v) is 3.53. The Morgan fingerprint density at radius 1 is 1.50 bits per heavy atom. The highest BCUT2D eigenvalue weighted by Crippen LogP contribution is 2.18. The third-order valence-corrected chi connectivity index (χ3v) is 2.24. The van der Waals surface area contributed by atoms with E-state index in [-0.39, 0.29) is 6.42 Å². The predicted molar refractivity (Wildman–Crippen MR) is 56.6 cm³/mol. The molecule has 0 aliphatic heterocycles. The van der Waals surface area contributed by atoms with Crippen LogP contribution in [0, 0.1) is 6.92 Å². The number of nitrogens with zero attached hydrogens (tertiary/aromatic N) is 1. The Kier molecular flexibility index (Phi) is 4.39. The Balaban J connectivity index is 2.66. The number of aromatic nitrogens is 1. The van der Waals surface area contributed by atoms with Gasteiger partial charge in [-0.2, -0.15) is 0 Å². The summed E-state index contributed by atoms with van der Waals surface area (Å²) in [7, 11) is 1.23. The van der Waals surface area contributed by atoms with Crippen LogP contribution in [0.5, 0.6) is 0 Å². The van der Waals surface area contributed by atoms with Crippen molar-refractivity contribution in [1.29, 1.82) is 0 Å². The molecular weight excluding hydrogens is 210 g/mol. The summed E-state index contributed by atoms with van der Waals surface area (Å²) in [5.41, 5.74) is 1.29. The molecule has 0 aliphatic rings. The quantitative estimate of drug-likeness (QED) is 0.723. The van der Waals surface area contributed by atoms with Gasteiger partial charge in [0, 0.05) is 17.5 Å². The van der Waals surface area contributed by atoms with Crippen LogP contribution in [-0.2, 0) is 9.53 Å². The van der Waals surface area contributed by atoms with E-state index in [2.05, 4.69) is 9.72 Å². The maximum Gasteiger partial charge on any atom is 0.308 e. The van der Waals surface area contributed by atoms with Gasteiger partial charge in [-0.25, -0.2) is 0 Å². The van der Waals surface area contributed by atoms with Crippen LogP contribution >= 0.6 is 0 Å². The lowest BCUT2D eigenvalue weighted by Crippen LogP contribution is -2.22.